The van der Waals surface area contributed by atoms with Crippen LogP contribution in [0.1, 0.15) is 82.1 Å². The summed E-state index contributed by atoms with van der Waals surface area (Å²) in [5.41, 5.74) is 1.23. The normalized spacial score (nSPS) is 12.8. The fourth-order valence-corrected chi connectivity index (χ4v) is 7.69. The highest BCUT2D eigenvalue weighted by molar-refractivity contribution is 6.60. The third-order valence-electron chi connectivity index (χ3n) is 4.10. The van der Waals surface area contributed by atoms with Crippen molar-refractivity contribution >= 4 is 23.6 Å². The van der Waals surface area contributed by atoms with E-state index in [-0.39, 0.29) is 0 Å². The third kappa shape index (κ3) is 17.8. The van der Waals surface area contributed by atoms with Gasteiger partial charge in [-0.3, -0.25) is 4.99 Å². The lowest BCUT2D eigenvalue weighted by Crippen LogP contribution is -2.49. The first-order valence-electron chi connectivity index (χ1n) is 12.7. The second kappa shape index (κ2) is 22.3. The van der Waals surface area contributed by atoms with Crippen molar-refractivity contribution in [1.82, 2.24) is 0 Å². The summed E-state index contributed by atoms with van der Waals surface area (Å²) in [6, 6.07) is 0.848. The predicted octanol–water partition coefficient (Wildman–Crippen LogP) is 5.50. The van der Waals surface area contributed by atoms with Gasteiger partial charge in [0, 0.05) is 64.5 Å². The molecule has 0 unspecified atom stereocenters. The van der Waals surface area contributed by atoms with Gasteiger partial charge in [-0.15, -0.1) is 0 Å². The van der Waals surface area contributed by atoms with E-state index in [0.717, 1.165) is 25.4 Å². The summed E-state index contributed by atoms with van der Waals surface area (Å²) in [5, 5.41) is 0. The molecule has 10 heteroatoms. The lowest BCUT2D eigenvalue weighted by atomic mass is 10.1. The Morgan fingerprint density at radius 2 is 1.00 bits per heavy atom. The van der Waals surface area contributed by atoms with Gasteiger partial charge in [0.15, 0.2) is 0 Å². The molecule has 0 bridgehead atoms. The van der Waals surface area contributed by atoms with Crippen molar-refractivity contribution in [2.45, 2.75) is 88.1 Å². The molecule has 8 nitrogen and oxygen atoms in total. The van der Waals surface area contributed by atoms with E-state index in [0.29, 0.717) is 52.2 Å². The molecule has 0 radical (unpaired) electrons. The van der Waals surface area contributed by atoms with Crippen LogP contribution in [0.2, 0.25) is 6.04 Å². The minimum atomic E-state index is -2.80. The van der Waals surface area contributed by atoms with Crippen LogP contribution in [-0.2, 0) is 31.0 Å². The molecule has 0 saturated heterocycles. The topological polar surface area (TPSA) is 77.0 Å². The van der Waals surface area contributed by atoms with E-state index in [1.807, 2.05) is 48.5 Å². The fourth-order valence-electron chi connectivity index (χ4n) is 3.18. The highest BCUT2D eigenvalue weighted by atomic mass is 28.4. The molecule has 0 aromatic carbocycles. The van der Waals surface area contributed by atoms with Crippen LogP contribution in [-0.4, -0.2) is 76.4 Å². The van der Waals surface area contributed by atoms with Gasteiger partial charge >= 0.3 is 17.9 Å². The Kier molecular flexibility index (Phi) is 23.6. The van der Waals surface area contributed by atoms with Gasteiger partial charge in [0.05, 0.1) is 0 Å². The van der Waals surface area contributed by atoms with Crippen LogP contribution < -0.4 is 0 Å². The first-order valence-corrected chi connectivity index (χ1v) is 16.3. The van der Waals surface area contributed by atoms with Gasteiger partial charge < -0.3 is 31.0 Å². The number of hydrogen-bond donors (Lipinski definition) is 0. The van der Waals surface area contributed by atoms with Gasteiger partial charge in [-0.25, -0.2) is 0 Å². The maximum atomic E-state index is 5.83. The highest BCUT2D eigenvalue weighted by Gasteiger charge is 2.44. The summed E-state index contributed by atoms with van der Waals surface area (Å²) in [6.07, 6.45) is 2.03. The quantitative estimate of drug-likeness (QED) is 0.121. The maximum absolute atomic E-state index is 5.83. The lowest BCUT2D eigenvalue weighted by molar-refractivity contribution is -0.0247. The standard InChI is InChI=1S/C15H33NO3Si.C8H20O4Si/c1-7-17-20(18-8-2,19-9-3)12-10-11-16-15(6)13-14(4)5;1-5-9-13(10-6-2,11-7-3)12-8-4/h14H,7-13H2,1-6H3;5-8H2,1-4H3. The average molecular weight is 512 g/mol. The first kappa shape index (κ1) is 35.0. The second-order valence-electron chi connectivity index (χ2n) is 7.53. The van der Waals surface area contributed by atoms with Crippen molar-refractivity contribution in [3.63, 3.8) is 0 Å². The Bertz CT molecular complexity index is 422. The molecule has 0 heterocycles. The Balaban J connectivity index is 0. The molecule has 0 amide bonds. The van der Waals surface area contributed by atoms with Crippen molar-refractivity contribution in [2.24, 2.45) is 10.9 Å². The molecule has 0 saturated carbocycles. The number of hydrogen-bond acceptors (Lipinski definition) is 8. The Hall–Kier alpha value is -0.176. The van der Waals surface area contributed by atoms with Gasteiger partial charge in [0.2, 0.25) is 0 Å². The molecule has 33 heavy (non-hydrogen) atoms. The minimum Gasteiger partial charge on any atom is -0.374 e. The molecule has 0 aromatic heterocycles. The van der Waals surface area contributed by atoms with Gasteiger partial charge in [-0.1, -0.05) is 13.8 Å². The van der Waals surface area contributed by atoms with Crippen LogP contribution in [0.3, 0.4) is 0 Å². The second-order valence-corrected chi connectivity index (χ2v) is 12.4. The molecular formula is C23H53NO7Si2. The van der Waals surface area contributed by atoms with Crippen molar-refractivity contribution in [3.05, 3.63) is 0 Å². The molecule has 0 aliphatic carbocycles. The van der Waals surface area contributed by atoms with E-state index >= 15 is 0 Å². The van der Waals surface area contributed by atoms with Crippen LogP contribution in [0.25, 0.3) is 0 Å². The van der Waals surface area contributed by atoms with Crippen molar-refractivity contribution in [3.8, 4) is 0 Å². The molecule has 0 aliphatic rings. The van der Waals surface area contributed by atoms with Gasteiger partial charge in [0.1, 0.15) is 0 Å². The SMILES string of the molecule is CCO[Si](CCCN=C(C)CC(C)C)(OCC)OCC.CCO[Si](OCC)(OCC)OCC. The van der Waals surface area contributed by atoms with Gasteiger partial charge in [-0.2, -0.15) is 0 Å². The molecule has 0 fully saturated rings. The fraction of sp³-hybridized carbons (Fsp3) is 0.957. The summed E-state index contributed by atoms with van der Waals surface area (Å²) < 4.78 is 39.2. The molecule has 0 aromatic rings. The lowest BCUT2D eigenvalue weighted by Gasteiger charge is -2.28. The molecule has 0 spiro atoms. The molecule has 0 aliphatic heterocycles. The molecule has 0 atom stereocenters. The monoisotopic (exact) mass is 511 g/mol. The summed E-state index contributed by atoms with van der Waals surface area (Å²) in [6.45, 7) is 25.1. The average Bonchev–Trinajstić information content (AvgIpc) is 2.73. The van der Waals surface area contributed by atoms with E-state index in [1.165, 1.54) is 5.71 Å². The van der Waals surface area contributed by atoms with Crippen LogP contribution in [0.4, 0.5) is 0 Å². The zero-order valence-corrected chi connectivity index (χ0v) is 25.2. The summed E-state index contributed by atoms with van der Waals surface area (Å²) in [4.78, 5) is 4.62. The molecule has 0 rings (SSSR count). The van der Waals surface area contributed by atoms with Crippen LogP contribution in [0.5, 0.6) is 0 Å². The van der Waals surface area contributed by atoms with E-state index in [4.69, 9.17) is 31.0 Å². The van der Waals surface area contributed by atoms with E-state index < -0.39 is 17.9 Å². The Morgan fingerprint density at radius 1 is 0.636 bits per heavy atom. The highest BCUT2D eigenvalue weighted by Crippen LogP contribution is 2.18. The zero-order chi connectivity index (χ0) is 25.6. The van der Waals surface area contributed by atoms with E-state index in [1.54, 1.807) is 0 Å². The van der Waals surface area contributed by atoms with Crippen molar-refractivity contribution < 1.29 is 31.0 Å². The van der Waals surface area contributed by atoms with Crippen molar-refractivity contribution in [1.29, 1.82) is 0 Å². The van der Waals surface area contributed by atoms with Gasteiger partial charge in [0.25, 0.3) is 0 Å². The van der Waals surface area contributed by atoms with Crippen LogP contribution in [0, 0.1) is 5.92 Å². The van der Waals surface area contributed by atoms with Crippen molar-refractivity contribution in [2.75, 3.05) is 52.8 Å². The Labute approximate surface area is 206 Å². The zero-order valence-electron chi connectivity index (χ0n) is 23.2. The summed E-state index contributed by atoms with van der Waals surface area (Å²) in [7, 11) is -5.26. The summed E-state index contributed by atoms with van der Waals surface area (Å²) >= 11 is 0. The third-order valence-corrected chi connectivity index (χ3v) is 9.82. The maximum Gasteiger partial charge on any atom is 0.679 e. The van der Waals surface area contributed by atoms with E-state index in [2.05, 4.69) is 25.8 Å². The molecule has 0 N–H and O–H groups in total. The van der Waals surface area contributed by atoms with Gasteiger partial charge in [-0.05, 0) is 74.1 Å². The molecular weight excluding hydrogens is 458 g/mol. The smallest absolute Gasteiger partial charge is 0.374 e. The van der Waals surface area contributed by atoms with Crippen LogP contribution in [0.15, 0.2) is 4.99 Å². The minimum absolute atomic E-state index is 0.548. The number of rotatable bonds is 20. The summed E-state index contributed by atoms with van der Waals surface area (Å²) in [5.74, 6) is 0.669. The first-order chi connectivity index (χ1) is 15.7. The largest absolute Gasteiger partial charge is 0.679 e. The number of nitrogens with zero attached hydrogens (tertiary/aromatic N) is 1. The predicted molar refractivity (Wildman–Crippen MR) is 140 cm³/mol. The van der Waals surface area contributed by atoms with E-state index in [9.17, 15) is 0 Å². The Morgan fingerprint density at radius 3 is 1.30 bits per heavy atom. The van der Waals surface area contributed by atoms with Crippen LogP contribution >= 0.6 is 0 Å². The molecule has 200 valence electrons. The number of aliphatic imine (C=N–C) groups is 1.